The molecule has 1 aromatic rings. The molecule has 1 aromatic carbocycles. The van der Waals surface area contributed by atoms with Gasteiger partial charge in [-0.05, 0) is 43.7 Å². The maximum Gasteiger partial charge on any atom is 0.416 e. The summed E-state index contributed by atoms with van der Waals surface area (Å²) in [7, 11) is 0. The van der Waals surface area contributed by atoms with E-state index in [0.29, 0.717) is 6.54 Å². The van der Waals surface area contributed by atoms with Crippen LogP contribution in [-0.2, 0) is 6.18 Å². The van der Waals surface area contributed by atoms with E-state index in [-0.39, 0.29) is 0 Å². The van der Waals surface area contributed by atoms with Gasteiger partial charge in [0.05, 0.1) is 5.56 Å². The molecule has 0 radical (unpaired) electrons. The Morgan fingerprint density at radius 2 is 1.56 bits per heavy atom. The summed E-state index contributed by atoms with van der Waals surface area (Å²) in [6.45, 7) is 1.49. The molecule has 0 atom stereocenters. The molecule has 5 heteroatoms. The summed E-state index contributed by atoms with van der Waals surface area (Å²) in [5.41, 5.74) is 5.49. The van der Waals surface area contributed by atoms with Gasteiger partial charge in [0, 0.05) is 12.2 Å². The third-order valence-corrected chi connectivity index (χ3v) is 2.67. The Morgan fingerprint density at radius 1 is 0.944 bits per heavy atom. The first-order chi connectivity index (χ1) is 8.54. The van der Waals surface area contributed by atoms with Gasteiger partial charge in [-0.2, -0.15) is 13.2 Å². The van der Waals surface area contributed by atoms with E-state index in [1.807, 2.05) is 0 Å². The summed E-state index contributed by atoms with van der Waals surface area (Å²) in [4.78, 5) is 0. The summed E-state index contributed by atoms with van der Waals surface area (Å²) in [6, 6.07) is 5.11. The van der Waals surface area contributed by atoms with E-state index < -0.39 is 11.7 Å². The Morgan fingerprint density at radius 3 is 2.11 bits per heavy atom. The molecule has 0 aliphatic carbocycles. The van der Waals surface area contributed by atoms with Crippen molar-refractivity contribution in [1.29, 1.82) is 0 Å². The van der Waals surface area contributed by atoms with Crippen LogP contribution in [0.5, 0.6) is 0 Å². The lowest BCUT2D eigenvalue weighted by atomic mass is 10.2. The normalized spacial score (nSPS) is 11.6. The summed E-state index contributed by atoms with van der Waals surface area (Å²) >= 11 is 0. The van der Waals surface area contributed by atoms with Crippen LogP contribution < -0.4 is 11.1 Å². The highest BCUT2D eigenvalue weighted by atomic mass is 19.4. The second kappa shape index (κ2) is 7.26. The molecule has 0 unspecified atom stereocenters. The second-order valence-corrected chi connectivity index (χ2v) is 4.20. The number of benzene rings is 1. The highest BCUT2D eigenvalue weighted by molar-refractivity contribution is 5.44. The van der Waals surface area contributed by atoms with Crippen molar-refractivity contribution in [3.63, 3.8) is 0 Å². The van der Waals surface area contributed by atoms with Crippen LogP contribution in [0.3, 0.4) is 0 Å². The molecule has 0 fully saturated rings. The van der Waals surface area contributed by atoms with Crippen molar-refractivity contribution in [3.05, 3.63) is 29.8 Å². The Balaban J connectivity index is 2.27. The average Bonchev–Trinajstić information content (AvgIpc) is 2.33. The molecule has 1 rings (SSSR count). The van der Waals surface area contributed by atoms with E-state index in [4.69, 9.17) is 5.73 Å². The highest BCUT2D eigenvalue weighted by Gasteiger charge is 2.29. The van der Waals surface area contributed by atoms with Gasteiger partial charge in [-0.15, -0.1) is 0 Å². The summed E-state index contributed by atoms with van der Waals surface area (Å²) in [6.07, 6.45) is -0.0436. The number of hydrogen-bond acceptors (Lipinski definition) is 2. The molecular formula is C13H19F3N2. The first-order valence-corrected chi connectivity index (χ1v) is 6.15. The van der Waals surface area contributed by atoms with Gasteiger partial charge in [-0.25, -0.2) is 0 Å². The molecule has 0 bridgehead atoms. The van der Waals surface area contributed by atoms with Crippen LogP contribution in [0.1, 0.15) is 31.2 Å². The van der Waals surface area contributed by atoms with Gasteiger partial charge >= 0.3 is 6.18 Å². The molecule has 18 heavy (non-hydrogen) atoms. The second-order valence-electron chi connectivity index (χ2n) is 4.20. The summed E-state index contributed by atoms with van der Waals surface area (Å²) in [5, 5.41) is 3.10. The van der Waals surface area contributed by atoms with Crippen LogP contribution in [0.15, 0.2) is 24.3 Å². The maximum atomic E-state index is 12.3. The van der Waals surface area contributed by atoms with E-state index in [9.17, 15) is 13.2 Å². The quantitative estimate of drug-likeness (QED) is 0.735. The molecule has 102 valence electrons. The first-order valence-electron chi connectivity index (χ1n) is 6.15. The fraction of sp³-hybridized carbons (Fsp3) is 0.538. The van der Waals surface area contributed by atoms with Gasteiger partial charge in [0.25, 0.3) is 0 Å². The molecule has 0 amide bonds. The van der Waals surface area contributed by atoms with Crippen LogP contribution in [0.4, 0.5) is 18.9 Å². The van der Waals surface area contributed by atoms with Crippen molar-refractivity contribution in [3.8, 4) is 0 Å². The Labute approximate surface area is 105 Å². The van der Waals surface area contributed by atoms with E-state index in [0.717, 1.165) is 50.0 Å². The molecule has 0 aromatic heterocycles. The van der Waals surface area contributed by atoms with Gasteiger partial charge in [-0.1, -0.05) is 12.8 Å². The van der Waals surface area contributed by atoms with Crippen LogP contribution in [0.2, 0.25) is 0 Å². The number of unbranched alkanes of at least 4 members (excludes halogenated alkanes) is 3. The molecular weight excluding hydrogens is 241 g/mol. The number of nitrogens with two attached hydrogens (primary N) is 1. The van der Waals surface area contributed by atoms with E-state index in [1.54, 1.807) is 0 Å². The van der Waals surface area contributed by atoms with Crippen molar-refractivity contribution in [2.45, 2.75) is 31.9 Å². The van der Waals surface area contributed by atoms with Crippen LogP contribution in [0, 0.1) is 0 Å². The van der Waals surface area contributed by atoms with Gasteiger partial charge in [-0.3, -0.25) is 0 Å². The van der Waals surface area contributed by atoms with E-state index in [2.05, 4.69) is 5.32 Å². The van der Waals surface area contributed by atoms with Gasteiger partial charge < -0.3 is 11.1 Å². The van der Waals surface area contributed by atoms with Crippen molar-refractivity contribution >= 4 is 5.69 Å². The molecule has 0 saturated heterocycles. The van der Waals surface area contributed by atoms with Gasteiger partial charge in [0.1, 0.15) is 0 Å². The summed E-state index contributed by atoms with van der Waals surface area (Å²) in [5.74, 6) is 0. The highest BCUT2D eigenvalue weighted by Crippen LogP contribution is 2.29. The Hall–Kier alpha value is -1.23. The van der Waals surface area contributed by atoms with Crippen molar-refractivity contribution in [1.82, 2.24) is 0 Å². The fourth-order valence-corrected chi connectivity index (χ4v) is 1.63. The third kappa shape index (κ3) is 5.40. The van der Waals surface area contributed by atoms with Crippen molar-refractivity contribution in [2.24, 2.45) is 5.73 Å². The predicted octanol–water partition coefficient (Wildman–Crippen LogP) is 3.64. The zero-order chi connectivity index (χ0) is 13.4. The van der Waals surface area contributed by atoms with Crippen LogP contribution in [-0.4, -0.2) is 13.1 Å². The monoisotopic (exact) mass is 260 g/mol. The summed E-state index contributed by atoms with van der Waals surface area (Å²) < 4.78 is 36.9. The maximum absolute atomic E-state index is 12.3. The average molecular weight is 260 g/mol. The minimum Gasteiger partial charge on any atom is -0.385 e. The van der Waals surface area contributed by atoms with E-state index in [1.165, 1.54) is 12.1 Å². The Bertz CT molecular complexity index is 333. The topological polar surface area (TPSA) is 38.0 Å². The number of rotatable bonds is 7. The molecule has 0 saturated carbocycles. The molecule has 3 N–H and O–H groups in total. The van der Waals surface area contributed by atoms with Gasteiger partial charge in [0.2, 0.25) is 0 Å². The third-order valence-electron chi connectivity index (χ3n) is 2.67. The Kier molecular flexibility index (Phi) is 5.98. The van der Waals surface area contributed by atoms with Crippen LogP contribution >= 0.6 is 0 Å². The van der Waals surface area contributed by atoms with Gasteiger partial charge in [0.15, 0.2) is 0 Å². The lowest BCUT2D eigenvalue weighted by Crippen LogP contribution is -2.06. The number of nitrogens with one attached hydrogen (secondary N) is 1. The first kappa shape index (κ1) is 14.8. The molecule has 2 nitrogen and oxygen atoms in total. The SMILES string of the molecule is NCCCCCCNc1ccc(C(F)(F)F)cc1. The standard InChI is InChI=1S/C13H19F3N2/c14-13(15,16)11-5-7-12(8-6-11)18-10-4-2-1-3-9-17/h5-8,18H,1-4,9-10,17H2. The minimum atomic E-state index is -4.26. The predicted molar refractivity (Wildman–Crippen MR) is 67.5 cm³/mol. The largest absolute Gasteiger partial charge is 0.416 e. The van der Waals surface area contributed by atoms with Crippen molar-refractivity contribution in [2.75, 3.05) is 18.4 Å². The van der Waals surface area contributed by atoms with Crippen LogP contribution in [0.25, 0.3) is 0 Å². The number of hydrogen-bond donors (Lipinski definition) is 2. The lowest BCUT2D eigenvalue weighted by Gasteiger charge is -2.09. The smallest absolute Gasteiger partial charge is 0.385 e. The number of anilines is 1. The number of halogens is 3. The molecule has 0 heterocycles. The van der Waals surface area contributed by atoms with E-state index >= 15 is 0 Å². The molecule has 0 spiro atoms. The number of alkyl halides is 3. The minimum absolute atomic E-state index is 0.615. The molecule has 0 aliphatic heterocycles. The lowest BCUT2D eigenvalue weighted by molar-refractivity contribution is -0.137. The zero-order valence-electron chi connectivity index (χ0n) is 10.3. The zero-order valence-corrected chi connectivity index (χ0v) is 10.3. The fourth-order valence-electron chi connectivity index (χ4n) is 1.63. The molecule has 0 aliphatic rings. The van der Waals surface area contributed by atoms with Crippen molar-refractivity contribution < 1.29 is 13.2 Å².